The van der Waals surface area contributed by atoms with Crippen molar-refractivity contribution in [3.8, 4) is 5.75 Å². The minimum Gasteiger partial charge on any atom is -0.748 e. The molecule has 0 fully saturated rings. The molecule has 9 aromatic carbocycles. The van der Waals surface area contributed by atoms with Gasteiger partial charge in [-0.2, -0.15) is 34.9 Å². The van der Waals surface area contributed by atoms with Crippen LogP contribution < -0.4 is 54.3 Å². The van der Waals surface area contributed by atoms with Crippen molar-refractivity contribution < 1.29 is 82.0 Å². The minimum atomic E-state index is -4.54. The van der Waals surface area contributed by atoms with Gasteiger partial charge in [0.15, 0.2) is 12.3 Å². The van der Waals surface area contributed by atoms with Crippen LogP contribution in [0.2, 0.25) is 0 Å². The van der Waals surface area contributed by atoms with Crippen LogP contribution in [0.25, 0.3) is 22.8 Å². The maximum atomic E-state index is 11.7. The number of nitrogens with zero attached hydrogens (tertiary/aromatic N) is 5. The van der Waals surface area contributed by atoms with Crippen LogP contribution in [0.1, 0.15) is 77.8 Å². The van der Waals surface area contributed by atoms with Crippen molar-refractivity contribution in [2.75, 3.05) is 81.2 Å². The molecule has 0 amide bonds. The van der Waals surface area contributed by atoms with Crippen molar-refractivity contribution in [1.29, 1.82) is 0 Å². The standard InChI is InChI=1S/C47H48N3O4S.C34H34N3.CH4O3S.Na.O3S/c1-6-49(32-36-13-10-9-11-14-36)41-23-27-45(34(4)29-41)47(38-17-19-39(20-18-38)48-40-21-25-43(26-22-40)54-8-3)46-28-24-42(30-35(46)5)50(7-2)33-37-15-12-16-44(31-37)55(51,52)53;1-35(2)28-20-15-26(16-21-28)33(27-17-22-29(23-18-27)36(3)4)34-31-14-10-9-11-25(31)19-24-32(34)37(5)30-12-7-6-8-13-30;1-5(2,3)4;;1-4(2)3/h9-10,12-31H,6-8,32-33H2,1-5H3,(H,51,52,53);6-24H,1-5H3;1H3,(H,2,3,4);;/q-1;+1;;+1;/p-1. The predicted molar refractivity (Wildman–Crippen MR) is 409 cm³/mol. The number of rotatable bonds is 19. The van der Waals surface area contributed by atoms with Crippen LogP contribution in [-0.4, -0.2) is 120 Å². The van der Waals surface area contributed by atoms with E-state index in [4.69, 9.17) is 30.3 Å². The summed E-state index contributed by atoms with van der Waals surface area (Å²) in [6.07, 6.45) is 11.6. The smallest absolute Gasteiger partial charge is 0.748 e. The maximum Gasteiger partial charge on any atom is 1.00 e. The summed E-state index contributed by atoms with van der Waals surface area (Å²) in [5.41, 5.74) is 24.9. The van der Waals surface area contributed by atoms with Crippen LogP contribution in [-0.2, 0) is 43.9 Å². The fourth-order valence-corrected chi connectivity index (χ4v) is 12.4. The number of nitrogens with one attached hydrogen (secondary N) is 1. The van der Waals surface area contributed by atoms with E-state index >= 15 is 0 Å². The molecule has 0 heterocycles. The van der Waals surface area contributed by atoms with Gasteiger partial charge in [0.25, 0.3) is 0 Å². The van der Waals surface area contributed by atoms with E-state index in [0.717, 1.165) is 75.0 Å². The summed E-state index contributed by atoms with van der Waals surface area (Å²) >= 11 is 0. The van der Waals surface area contributed by atoms with Gasteiger partial charge >= 0.3 is 40.2 Å². The number of fused-ring (bicyclic) bond motifs is 1. The first-order valence-corrected chi connectivity index (χ1v) is 37.1. The zero-order valence-electron chi connectivity index (χ0n) is 59.8. The van der Waals surface area contributed by atoms with E-state index in [-0.39, 0.29) is 34.5 Å². The molecular weight excluding hydrogens is 1350 g/mol. The van der Waals surface area contributed by atoms with E-state index < -0.39 is 30.8 Å². The van der Waals surface area contributed by atoms with Crippen molar-refractivity contribution in [2.45, 2.75) is 52.6 Å². The molecule has 0 aliphatic heterocycles. The van der Waals surface area contributed by atoms with Crippen LogP contribution in [0.15, 0.2) is 259 Å². The van der Waals surface area contributed by atoms with Crippen molar-refractivity contribution in [3.63, 3.8) is 0 Å². The zero-order chi connectivity index (χ0) is 73.0. The van der Waals surface area contributed by atoms with E-state index in [1.54, 1.807) is 6.07 Å². The molecule has 20 heteroatoms. The van der Waals surface area contributed by atoms with Gasteiger partial charge < -0.3 is 33.9 Å². The maximum absolute atomic E-state index is 11.7. The Morgan fingerprint density at radius 1 is 0.608 bits per heavy atom. The third-order valence-corrected chi connectivity index (χ3v) is 17.6. The topological polar surface area (TPSA) is 203 Å². The van der Waals surface area contributed by atoms with Gasteiger partial charge in [-0.05, 0) is 194 Å². The summed E-state index contributed by atoms with van der Waals surface area (Å²) in [4.78, 5) is 6.45. The first-order valence-electron chi connectivity index (χ1n) is 32.8. The Kier molecular flexibility index (Phi) is 29.3. The first-order chi connectivity index (χ1) is 48.2. The van der Waals surface area contributed by atoms with Gasteiger partial charge in [-0.25, -0.2) is 21.4 Å². The van der Waals surface area contributed by atoms with E-state index in [1.807, 2.05) is 55.5 Å². The second-order valence-electron chi connectivity index (χ2n) is 24.3. The Morgan fingerprint density at radius 2 is 1.16 bits per heavy atom. The van der Waals surface area contributed by atoms with Crippen LogP contribution in [0.5, 0.6) is 5.75 Å². The molecule has 11 rings (SSSR count). The summed E-state index contributed by atoms with van der Waals surface area (Å²) in [6, 6.07) is 78.0. The number of aryl methyl sites for hydroxylation is 1. The average Bonchev–Trinajstić information content (AvgIpc) is 0.762. The molecule has 0 spiro atoms. The number of hydrogen-bond acceptors (Lipinski definition) is 14. The Balaban J connectivity index is 0.000000267. The normalized spacial score (nSPS) is 13.7. The van der Waals surface area contributed by atoms with E-state index in [0.29, 0.717) is 26.0 Å². The summed E-state index contributed by atoms with van der Waals surface area (Å²) in [5.74, 6) is 0.844. The van der Waals surface area contributed by atoms with Crippen molar-refractivity contribution >= 4 is 99.2 Å². The number of anilines is 5. The molecule has 1 N–H and O–H groups in total. The summed E-state index contributed by atoms with van der Waals surface area (Å²) in [5, 5.41) is 3.52. The summed E-state index contributed by atoms with van der Waals surface area (Å²) in [7, 11) is -1.09. The molecule has 16 nitrogen and oxygen atoms in total. The molecule has 0 unspecified atom stereocenters. The van der Waals surface area contributed by atoms with E-state index in [2.05, 4.69) is 280 Å². The fourth-order valence-electron chi connectivity index (χ4n) is 11.8. The van der Waals surface area contributed by atoms with E-state index in [1.165, 1.54) is 79.4 Å². The monoisotopic (exact) mass is 1430 g/mol. The number of allylic oxidation sites excluding steroid dienone is 7. The van der Waals surface area contributed by atoms with Crippen LogP contribution in [0.3, 0.4) is 0 Å². The third kappa shape index (κ3) is 22.5. The second-order valence-corrected chi connectivity index (χ2v) is 27.5. The molecule has 0 radical (unpaired) electrons. The minimum absolute atomic E-state index is 0. The van der Waals surface area contributed by atoms with Crippen molar-refractivity contribution in [2.24, 2.45) is 0 Å². The molecule has 9 aromatic rings. The van der Waals surface area contributed by atoms with Gasteiger partial charge in [0.05, 0.1) is 27.2 Å². The molecule has 2 aliphatic carbocycles. The molecule has 522 valence electrons. The first kappa shape index (κ1) is 79.8. The number of para-hydroxylation sites is 1. The SMILES string of the molecule is CCOc1ccc(Nc2ccc(C(=C3C=CC(=[N+](CC)Cc4cccc(S(=O)(=O)[O-])c4)C=C3C)c3ccc(N(CC)Cc4c[c-]ccc4)cc3C)cc2)cc1.CN(C)c1ccc(C(=C2C(=[N+](C)c3ccccc3)C=Cc3ccccc32)c2ccc(N(C)C)cc2)cc1.CS(=O)(=O)[O-].O=S(=O)=O.[Na+]. The quantitative estimate of drug-likeness (QED) is 0.0346. The van der Waals surface area contributed by atoms with Crippen molar-refractivity contribution in [3.05, 3.63) is 310 Å². The van der Waals surface area contributed by atoms with Gasteiger partial charge in [0.1, 0.15) is 29.5 Å². The van der Waals surface area contributed by atoms with Gasteiger partial charge in [0.2, 0.25) is 11.4 Å². The van der Waals surface area contributed by atoms with Crippen LogP contribution in [0.4, 0.5) is 34.1 Å². The number of hydrogen-bond donors (Lipinski definition) is 1. The Hall–Kier alpha value is -9.54. The Morgan fingerprint density at radius 3 is 1.69 bits per heavy atom. The summed E-state index contributed by atoms with van der Waals surface area (Å²) < 4.78 is 97.8. The average molecular weight is 1430 g/mol. The van der Waals surface area contributed by atoms with Gasteiger partial charge in [0, 0.05) is 111 Å². The second kappa shape index (κ2) is 37.4. The molecular formula is C82H85N6NaO10S3. The van der Waals surface area contributed by atoms with E-state index in [9.17, 15) is 13.0 Å². The molecule has 0 bridgehead atoms. The predicted octanol–water partition coefficient (Wildman–Crippen LogP) is 12.2. The molecule has 0 atom stereocenters. The van der Waals surface area contributed by atoms with Gasteiger partial charge in [-0.1, -0.05) is 97.1 Å². The van der Waals surface area contributed by atoms with Crippen LogP contribution in [0, 0.1) is 13.0 Å². The molecule has 0 aromatic heterocycles. The summed E-state index contributed by atoms with van der Waals surface area (Å²) in [6.45, 7) is 14.0. The number of ether oxygens (including phenoxy) is 1. The number of benzene rings is 9. The molecule has 2 aliphatic rings. The Labute approximate surface area is 625 Å². The van der Waals surface area contributed by atoms with Crippen molar-refractivity contribution in [1.82, 2.24) is 0 Å². The largest absolute Gasteiger partial charge is 1.00 e. The Bertz CT molecular complexity index is 4900. The van der Waals surface area contributed by atoms with Gasteiger partial charge in [-0.15, -0.1) is 18.2 Å². The molecule has 0 saturated carbocycles. The zero-order valence-corrected chi connectivity index (χ0v) is 64.2. The van der Waals surface area contributed by atoms with Gasteiger partial charge in [-0.3, -0.25) is 0 Å². The molecule has 102 heavy (non-hydrogen) atoms. The third-order valence-electron chi connectivity index (χ3n) is 16.8. The van der Waals surface area contributed by atoms with Crippen LogP contribution >= 0.6 is 0 Å². The molecule has 0 saturated heterocycles. The fraction of sp³-hybridized carbons (Fsp3) is 0.195.